The van der Waals surface area contributed by atoms with Crippen LogP contribution < -0.4 is 20.9 Å². The van der Waals surface area contributed by atoms with Crippen LogP contribution in [0, 0.1) is 0 Å². The molecule has 0 atom stereocenters. The van der Waals surface area contributed by atoms with E-state index in [1.807, 2.05) is 56.9 Å². The number of halogens is 1. The third kappa shape index (κ3) is 10.5. The Hall–Kier alpha value is -2.04. The normalized spacial score (nSPS) is 14.4. The summed E-state index contributed by atoms with van der Waals surface area (Å²) in [6.45, 7) is 10.8. The maximum Gasteiger partial charge on any atom is 0.407 e. The van der Waals surface area contributed by atoms with Crippen molar-refractivity contribution in [2.45, 2.75) is 65.5 Å². The first-order valence-corrected chi connectivity index (χ1v) is 11.2. The second-order valence-electron chi connectivity index (χ2n) is 8.57. The molecule has 0 bridgehead atoms. The van der Waals surface area contributed by atoms with Crippen LogP contribution in [0.5, 0.6) is 0 Å². The number of hydrogen-bond donors (Lipinski definition) is 3. The molecule has 1 aromatic carbocycles. The summed E-state index contributed by atoms with van der Waals surface area (Å²) in [5.74, 6) is 0.937. The third-order valence-corrected chi connectivity index (χ3v) is 4.65. The highest BCUT2D eigenvalue weighted by molar-refractivity contribution is 14.0. The minimum Gasteiger partial charge on any atom is -0.444 e. The number of benzene rings is 1. The van der Waals surface area contributed by atoms with Crippen molar-refractivity contribution in [2.75, 3.05) is 31.1 Å². The first-order valence-electron chi connectivity index (χ1n) is 11.2. The number of anilines is 1. The first kappa shape index (κ1) is 28.0. The van der Waals surface area contributed by atoms with Crippen molar-refractivity contribution in [1.29, 1.82) is 0 Å². The molecular weight excluding hydrogens is 521 g/mol. The summed E-state index contributed by atoms with van der Waals surface area (Å²) in [7, 11) is 0. The lowest BCUT2D eigenvalue weighted by Crippen LogP contribution is -2.39. The van der Waals surface area contributed by atoms with Gasteiger partial charge in [-0.3, -0.25) is 4.79 Å². The van der Waals surface area contributed by atoms with E-state index in [9.17, 15) is 9.59 Å². The molecule has 8 nitrogen and oxygen atoms in total. The van der Waals surface area contributed by atoms with Crippen molar-refractivity contribution in [2.24, 2.45) is 4.99 Å². The van der Waals surface area contributed by atoms with Crippen LogP contribution >= 0.6 is 24.0 Å². The van der Waals surface area contributed by atoms with Crippen LogP contribution in [-0.2, 0) is 16.1 Å². The number of alkyl carbamates (subject to hydrolysis) is 1. The molecule has 0 spiro atoms. The van der Waals surface area contributed by atoms with Crippen molar-refractivity contribution in [3.63, 3.8) is 0 Å². The number of guanidine groups is 1. The van der Waals surface area contributed by atoms with E-state index in [-0.39, 0.29) is 29.9 Å². The number of amides is 2. The molecule has 1 heterocycles. The zero-order valence-electron chi connectivity index (χ0n) is 19.7. The molecule has 2 rings (SSSR count). The number of nitrogens with zero attached hydrogens (tertiary/aromatic N) is 2. The predicted molar refractivity (Wildman–Crippen MR) is 140 cm³/mol. The summed E-state index contributed by atoms with van der Waals surface area (Å²) in [6, 6.07) is 8.04. The van der Waals surface area contributed by atoms with Crippen molar-refractivity contribution < 1.29 is 14.3 Å². The second kappa shape index (κ2) is 14.2. The van der Waals surface area contributed by atoms with Gasteiger partial charge in [0.2, 0.25) is 5.91 Å². The number of carbonyl (C=O) groups is 2. The van der Waals surface area contributed by atoms with Gasteiger partial charge in [-0.05, 0) is 64.7 Å². The monoisotopic (exact) mass is 559 g/mol. The molecule has 2 amide bonds. The Bertz CT molecular complexity index is 747. The van der Waals surface area contributed by atoms with Gasteiger partial charge in [0.05, 0.1) is 6.54 Å². The number of piperidine rings is 1. The number of ether oxygens (including phenoxy) is 1. The average molecular weight is 559 g/mol. The van der Waals surface area contributed by atoms with E-state index in [4.69, 9.17) is 4.74 Å². The lowest BCUT2D eigenvalue weighted by molar-refractivity contribution is -0.119. The topological polar surface area (TPSA) is 95.1 Å². The molecule has 0 aromatic heterocycles. The molecule has 1 fully saturated rings. The number of nitrogens with one attached hydrogen (secondary N) is 3. The molecule has 0 saturated carbocycles. The zero-order valence-corrected chi connectivity index (χ0v) is 22.0. The van der Waals surface area contributed by atoms with Crippen molar-refractivity contribution in [1.82, 2.24) is 16.0 Å². The van der Waals surface area contributed by atoms with Gasteiger partial charge in [-0.2, -0.15) is 0 Å². The molecule has 1 aromatic rings. The SMILES string of the molecule is CCNC(=NCc1ccc(N2CCCCC2=O)cc1)NCCCNC(=O)OC(C)(C)C.I. The summed E-state index contributed by atoms with van der Waals surface area (Å²) in [4.78, 5) is 30.2. The highest BCUT2D eigenvalue weighted by Gasteiger charge is 2.19. The molecule has 0 unspecified atom stereocenters. The average Bonchev–Trinajstić information content (AvgIpc) is 2.71. The molecule has 1 aliphatic rings. The van der Waals surface area contributed by atoms with Gasteiger partial charge < -0.3 is 25.6 Å². The van der Waals surface area contributed by atoms with Gasteiger partial charge in [0, 0.05) is 38.3 Å². The Labute approximate surface area is 209 Å². The lowest BCUT2D eigenvalue weighted by atomic mass is 10.1. The summed E-state index contributed by atoms with van der Waals surface area (Å²) < 4.78 is 5.22. The zero-order chi connectivity index (χ0) is 22.7. The molecule has 32 heavy (non-hydrogen) atoms. The minimum atomic E-state index is -0.491. The van der Waals surface area contributed by atoms with E-state index in [0.29, 0.717) is 26.1 Å². The van der Waals surface area contributed by atoms with Gasteiger partial charge in [0.15, 0.2) is 5.96 Å². The second-order valence-corrected chi connectivity index (χ2v) is 8.57. The van der Waals surface area contributed by atoms with E-state index >= 15 is 0 Å². The van der Waals surface area contributed by atoms with Crippen molar-refractivity contribution in [3.05, 3.63) is 29.8 Å². The highest BCUT2D eigenvalue weighted by atomic mass is 127. The van der Waals surface area contributed by atoms with Crippen LogP contribution in [0.1, 0.15) is 58.9 Å². The Kier molecular flexibility index (Phi) is 12.4. The Morgan fingerprint density at radius 3 is 2.41 bits per heavy atom. The van der Waals surface area contributed by atoms with Crippen LogP contribution in [0.25, 0.3) is 0 Å². The maximum absolute atomic E-state index is 12.1. The highest BCUT2D eigenvalue weighted by Crippen LogP contribution is 2.21. The number of aliphatic imine (C=N–C) groups is 1. The number of rotatable bonds is 8. The molecule has 0 aliphatic carbocycles. The summed E-state index contributed by atoms with van der Waals surface area (Å²) in [6.07, 6.45) is 3.03. The smallest absolute Gasteiger partial charge is 0.407 e. The molecule has 180 valence electrons. The van der Waals surface area contributed by atoms with Crippen molar-refractivity contribution in [3.8, 4) is 0 Å². The minimum absolute atomic E-state index is 0. The fourth-order valence-corrected chi connectivity index (χ4v) is 3.17. The lowest BCUT2D eigenvalue weighted by Gasteiger charge is -2.26. The Balaban J connectivity index is 0.00000512. The first-order chi connectivity index (χ1) is 14.8. The fourth-order valence-electron chi connectivity index (χ4n) is 3.17. The van der Waals surface area contributed by atoms with E-state index in [2.05, 4.69) is 20.9 Å². The Morgan fingerprint density at radius 1 is 1.09 bits per heavy atom. The summed E-state index contributed by atoms with van der Waals surface area (Å²) in [5, 5.41) is 9.25. The van der Waals surface area contributed by atoms with Crippen LogP contribution in [0.3, 0.4) is 0 Å². The van der Waals surface area contributed by atoms with Crippen molar-refractivity contribution >= 4 is 47.6 Å². The molecule has 1 saturated heterocycles. The summed E-state index contributed by atoms with van der Waals surface area (Å²) in [5.41, 5.74) is 1.55. The summed E-state index contributed by atoms with van der Waals surface area (Å²) >= 11 is 0. The molecular formula is C23H38IN5O3. The number of carbonyl (C=O) groups excluding carboxylic acids is 2. The standard InChI is InChI=1S/C23H37N5O3.HI/c1-5-24-21(25-14-8-15-26-22(30)31-23(2,3)4)27-17-18-10-12-19(13-11-18)28-16-7-6-9-20(28)29;/h10-13H,5-9,14-17H2,1-4H3,(H,26,30)(H2,24,25,27);1H. The van der Waals surface area contributed by atoms with Crippen LogP contribution in [0.15, 0.2) is 29.3 Å². The van der Waals surface area contributed by atoms with Crippen LogP contribution in [-0.4, -0.2) is 49.7 Å². The van der Waals surface area contributed by atoms with Gasteiger partial charge in [0.25, 0.3) is 0 Å². The van der Waals surface area contributed by atoms with Gasteiger partial charge in [-0.25, -0.2) is 9.79 Å². The quantitative estimate of drug-likeness (QED) is 0.195. The number of hydrogen-bond acceptors (Lipinski definition) is 4. The predicted octanol–water partition coefficient (Wildman–Crippen LogP) is 3.79. The van der Waals surface area contributed by atoms with Gasteiger partial charge in [-0.15, -0.1) is 24.0 Å². The van der Waals surface area contributed by atoms with Crippen LogP contribution in [0.4, 0.5) is 10.5 Å². The van der Waals surface area contributed by atoms with E-state index in [1.165, 1.54) is 0 Å². The van der Waals surface area contributed by atoms with Gasteiger partial charge in [0.1, 0.15) is 5.60 Å². The molecule has 9 heteroatoms. The van der Waals surface area contributed by atoms with Gasteiger partial charge >= 0.3 is 6.09 Å². The molecule has 1 aliphatic heterocycles. The van der Waals surface area contributed by atoms with E-state index < -0.39 is 11.7 Å². The largest absolute Gasteiger partial charge is 0.444 e. The van der Waals surface area contributed by atoms with Crippen LogP contribution in [0.2, 0.25) is 0 Å². The Morgan fingerprint density at radius 2 is 1.78 bits per heavy atom. The third-order valence-electron chi connectivity index (χ3n) is 4.65. The van der Waals surface area contributed by atoms with E-state index in [0.717, 1.165) is 49.6 Å². The van der Waals surface area contributed by atoms with Gasteiger partial charge in [-0.1, -0.05) is 12.1 Å². The molecule has 3 N–H and O–H groups in total. The maximum atomic E-state index is 12.1. The molecule has 0 radical (unpaired) electrons. The van der Waals surface area contributed by atoms with E-state index in [1.54, 1.807) is 0 Å². The fraction of sp³-hybridized carbons (Fsp3) is 0.609.